The number of morpholine rings is 1. The normalized spacial score (nSPS) is 22.6. The fraction of sp³-hybridized carbons (Fsp3) is 0.667. The first kappa shape index (κ1) is 14.9. The maximum Gasteiger partial charge on any atom is 0.267 e. The van der Waals surface area contributed by atoms with Crippen LogP contribution in [0.2, 0.25) is 0 Å². The van der Waals surface area contributed by atoms with Crippen LogP contribution in [0.3, 0.4) is 0 Å². The van der Waals surface area contributed by atoms with E-state index in [-0.39, 0.29) is 18.4 Å². The standard InChI is InChI=1S/C12H18N4O3S/c1-4-8-9(20-15-14-8)10(17)16-5-6-19-12(2,7-16)11(18)13-3/h4-7H2,1-3H3,(H,13,18)/t12-/m1/s1. The molecule has 1 fully saturated rings. The summed E-state index contributed by atoms with van der Waals surface area (Å²) in [5.41, 5.74) is -0.305. The van der Waals surface area contributed by atoms with Crippen LogP contribution in [-0.2, 0) is 16.0 Å². The molecule has 0 spiro atoms. The number of carbonyl (C=O) groups is 2. The third kappa shape index (κ3) is 2.66. The Bertz CT molecular complexity index is 519. The summed E-state index contributed by atoms with van der Waals surface area (Å²) in [6.45, 7) is 4.65. The Morgan fingerprint density at radius 3 is 2.95 bits per heavy atom. The number of hydrogen-bond donors (Lipinski definition) is 1. The van der Waals surface area contributed by atoms with Crippen LogP contribution in [0.5, 0.6) is 0 Å². The zero-order chi connectivity index (χ0) is 14.8. The first-order chi connectivity index (χ1) is 9.51. The van der Waals surface area contributed by atoms with Gasteiger partial charge in [0.15, 0.2) is 5.60 Å². The fourth-order valence-electron chi connectivity index (χ4n) is 2.19. The molecule has 0 aromatic carbocycles. The molecule has 2 rings (SSSR count). The van der Waals surface area contributed by atoms with E-state index in [1.54, 1.807) is 18.9 Å². The van der Waals surface area contributed by atoms with Gasteiger partial charge in [0.25, 0.3) is 11.8 Å². The minimum atomic E-state index is -1.01. The van der Waals surface area contributed by atoms with Gasteiger partial charge in [0.05, 0.1) is 18.8 Å². The number of nitrogens with one attached hydrogen (secondary N) is 1. The minimum absolute atomic E-state index is 0.129. The zero-order valence-electron chi connectivity index (χ0n) is 11.8. The molecule has 0 aliphatic carbocycles. The molecule has 2 amide bonds. The third-order valence-corrected chi connectivity index (χ3v) is 4.11. The first-order valence-corrected chi connectivity index (χ1v) is 7.26. The van der Waals surface area contributed by atoms with Gasteiger partial charge in [-0.1, -0.05) is 11.4 Å². The van der Waals surface area contributed by atoms with Crippen molar-refractivity contribution in [3.8, 4) is 0 Å². The van der Waals surface area contributed by atoms with E-state index in [0.29, 0.717) is 30.1 Å². The lowest BCUT2D eigenvalue weighted by Gasteiger charge is -2.38. The van der Waals surface area contributed by atoms with Crippen molar-refractivity contribution in [1.82, 2.24) is 19.8 Å². The summed E-state index contributed by atoms with van der Waals surface area (Å²) in [7, 11) is 1.56. The number of hydrogen-bond acceptors (Lipinski definition) is 6. The molecule has 8 heteroatoms. The second-order valence-corrected chi connectivity index (χ2v) is 5.54. The fourth-order valence-corrected chi connectivity index (χ4v) is 2.91. The van der Waals surface area contributed by atoms with Gasteiger partial charge in [-0.15, -0.1) is 5.10 Å². The molecular weight excluding hydrogens is 280 g/mol. The lowest BCUT2D eigenvalue weighted by atomic mass is 10.0. The van der Waals surface area contributed by atoms with E-state index < -0.39 is 5.60 Å². The Kier molecular flexibility index (Phi) is 4.34. The predicted molar refractivity (Wildman–Crippen MR) is 73.6 cm³/mol. The zero-order valence-corrected chi connectivity index (χ0v) is 12.6. The molecule has 1 aromatic heterocycles. The summed E-state index contributed by atoms with van der Waals surface area (Å²) in [5.74, 6) is -0.358. The highest BCUT2D eigenvalue weighted by Gasteiger charge is 2.40. The number of ether oxygens (including phenoxy) is 1. The van der Waals surface area contributed by atoms with Gasteiger partial charge in [-0.05, 0) is 24.9 Å². The lowest BCUT2D eigenvalue weighted by molar-refractivity contribution is -0.153. The maximum atomic E-state index is 12.5. The van der Waals surface area contributed by atoms with E-state index in [0.717, 1.165) is 11.5 Å². The van der Waals surface area contributed by atoms with Crippen molar-refractivity contribution in [2.75, 3.05) is 26.7 Å². The molecule has 1 aromatic rings. The number of aromatic nitrogens is 2. The van der Waals surface area contributed by atoms with Gasteiger partial charge in [0.2, 0.25) is 0 Å². The summed E-state index contributed by atoms with van der Waals surface area (Å²) < 4.78 is 9.37. The summed E-state index contributed by atoms with van der Waals surface area (Å²) >= 11 is 1.10. The Morgan fingerprint density at radius 1 is 1.55 bits per heavy atom. The summed E-state index contributed by atoms with van der Waals surface area (Å²) in [6, 6.07) is 0. The highest BCUT2D eigenvalue weighted by Crippen LogP contribution is 2.22. The molecule has 1 aliphatic heterocycles. The molecule has 20 heavy (non-hydrogen) atoms. The molecule has 1 aliphatic rings. The van der Waals surface area contributed by atoms with Gasteiger partial charge in [0, 0.05) is 13.6 Å². The third-order valence-electron chi connectivity index (χ3n) is 3.35. The van der Waals surface area contributed by atoms with Gasteiger partial charge in [-0.3, -0.25) is 9.59 Å². The van der Waals surface area contributed by atoms with E-state index in [2.05, 4.69) is 14.9 Å². The van der Waals surface area contributed by atoms with Crippen molar-refractivity contribution in [2.45, 2.75) is 25.9 Å². The van der Waals surface area contributed by atoms with Crippen LogP contribution in [0.15, 0.2) is 0 Å². The molecule has 0 radical (unpaired) electrons. The van der Waals surface area contributed by atoms with Crippen LogP contribution in [0.25, 0.3) is 0 Å². The number of carbonyl (C=O) groups excluding carboxylic acids is 2. The van der Waals surface area contributed by atoms with Crippen molar-refractivity contribution in [3.05, 3.63) is 10.6 Å². The SMILES string of the molecule is CCc1nnsc1C(=O)N1CCO[C@@](C)(C(=O)NC)C1. The average Bonchev–Trinajstić information content (AvgIpc) is 2.94. The highest BCUT2D eigenvalue weighted by atomic mass is 32.1. The maximum absolute atomic E-state index is 12.5. The van der Waals surface area contributed by atoms with Crippen molar-refractivity contribution in [3.63, 3.8) is 0 Å². The summed E-state index contributed by atoms with van der Waals surface area (Å²) in [6.07, 6.45) is 0.661. The van der Waals surface area contributed by atoms with Gasteiger partial charge in [-0.25, -0.2) is 0 Å². The van der Waals surface area contributed by atoms with Crippen LogP contribution in [-0.4, -0.2) is 58.6 Å². The number of likely N-dealkylation sites (N-methyl/N-ethyl adjacent to an activating group) is 1. The minimum Gasteiger partial charge on any atom is -0.362 e. The molecule has 1 saturated heterocycles. The monoisotopic (exact) mass is 298 g/mol. The van der Waals surface area contributed by atoms with E-state index in [1.807, 2.05) is 6.92 Å². The topological polar surface area (TPSA) is 84.4 Å². The first-order valence-electron chi connectivity index (χ1n) is 6.48. The number of aryl methyl sites for hydroxylation is 1. The van der Waals surface area contributed by atoms with Crippen molar-refractivity contribution in [1.29, 1.82) is 0 Å². The van der Waals surface area contributed by atoms with Gasteiger partial charge in [0.1, 0.15) is 4.88 Å². The number of nitrogens with zero attached hydrogens (tertiary/aromatic N) is 3. The molecule has 0 saturated carbocycles. The molecule has 2 heterocycles. The molecule has 110 valence electrons. The Hall–Kier alpha value is -1.54. The van der Waals surface area contributed by atoms with Crippen LogP contribution in [0.1, 0.15) is 29.2 Å². The number of amides is 2. The van der Waals surface area contributed by atoms with Crippen molar-refractivity contribution in [2.24, 2.45) is 0 Å². The Balaban J connectivity index is 2.17. The van der Waals surface area contributed by atoms with E-state index >= 15 is 0 Å². The molecule has 0 unspecified atom stereocenters. The second kappa shape index (κ2) is 5.84. The van der Waals surface area contributed by atoms with Crippen LogP contribution in [0.4, 0.5) is 0 Å². The van der Waals surface area contributed by atoms with Gasteiger partial charge < -0.3 is 15.0 Å². The van der Waals surface area contributed by atoms with Gasteiger partial charge in [-0.2, -0.15) is 0 Å². The number of rotatable bonds is 3. The summed E-state index contributed by atoms with van der Waals surface area (Å²) in [4.78, 5) is 26.6. The predicted octanol–water partition coefficient (Wildman–Crippen LogP) is 0.0776. The average molecular weight is 298 g/mol. The van der Waals surface area contributed by atoms with Crippen LogP contribution in [0, 0.1) is 0 Å². The van der Waals surface area contributed by atoms with Crippen LogP contribution >= 0.6 is 11.5 Å². The largest absolute Gasteiger partial charge is 0.362 e. The van der Waals surface area contributed by atoms with E-state index in [9.17, 15) is 9.59 Å². The smallest absolute Gasteiger partial charge is 0.267 e. The van der Waals surface area contributed by atoms with Crippen molar-refractivity contribution < 1.29 is 14.3 Å². The van der Waals surface area contributed by atoms with E-state index in [4.69, 9.17) is 4.74 Å². The molecule has 1 N–H and O–H groups in total. The second-order valence-electron chi connectivity index (χ2n) is 4.79. The molecule has 7 nitrogen and oxygen atoms in total. The van der Waals surface area contributed by atoms with Crippen molar-refractivity contribution >= 4 is 23.3 Å². The molecular formula is C12H18N4O3S. The summed E-state index contributed by atoms with van der Waals surface area (Å²) in [5, 5.41) is 6.52. The van der Waals surface area contributed by atoms with E-state index in [1.165, 1.54) is 0 Å². The molecule has 0 bridgehead atoms. The highest BCUT2D eigenvalue weighted by molar-refractivity contribution is 7.08. The van der Waals surface area contributed by atoms with Gasteiger partial charge >= 0.3 is 0 Å². The molecule has 1 atom stereocenters. The quantitative estimate of drug-likeness (QED) is 0.854. The Labute approximate surface area is 121 Å². The van der Waals surface area contributed by atoms with Crippen LogP contribution < -0.4 is 5.32 Å². The Morgan fingerprint density at radius 2 is 2.30 bits per heavy atom. The lowest BCUT2D eigenvalue weighted by Crippen LogP contribution is -2.58.